The number of hydrogen-bond donors (Lipinski definition) is 4. The van der Waals surface area contributed by atoms with Gasteiger partial charge in [-0.2, -0.15) is 0 Å². The fraction of sp³-hybridized carbons (Fsp3) is 0.765. The van der Waals surface area contributed by atoms with Gasteiger partial charge in [0.25, 0.3) is 0 Å². The Hall–Kier alpha value is -1.05. The highest BCUT2D eigenvalue weighted by Crippen LogP contribution is 2.36. The molecule has 0 spiro atoms. The number of aliphatic hydroxyl groups is 1. The van der Waals surface area contributed by atoms with Gasteiger partial charge < -0.3 is 21.1 Å². The Labute approximate surface area is 147 Å². The molecular weight excluding hydrogens is 324 g/mol. The van der Waals surface area contributed by atoms with Crippen molar-refractivity contribution in [3.63, 3.8) is 0 Å². The normalized spacial score (nSPS) is 28.1. The Bertz CT molecular complexity index is 551. The molecule has 0 amide bonds. The molecule has 1 saturated carbocycles. The van der Waals surface area contributed by atoms with Gasteiger partial charge in [-0.25, -0.2) is 0 Å². The highest BCUT2D eigenvalue weighted by molar-refractivity contribution is 7.89. The molecule has 0 aromatic rings. The molecule has 7 heteroatoms. The molecule has 2 fully saturated rings. The first-order valence-electron chi connectivity index (χ1n) is 8.90. The van der Waals surface area contributed by atoms with Crippen molar-refractivity contribution in [2.75, 3.05) is 25.4 Å². The molecule has 0 radical (unpaired) electrons. The van der Waals surface area contributed by atoms with E-state index >= 15 is 0 Å². The minimum atomic E-state index is -1.07. The van der Waals surface area contributed by atoms with Gasteiger partial charge in [0.05, 0.1) is 28.1 Å². The van der Waals surface area contributed by atoms with E-state index in [1.165, 1.54) is 0 Å². The van der Waals surface area contributed by atoms with Crippen molar-refractivity contribution < 1.29 is 9.32 Å². The number of allylic oxidation sites excluding steroid dienone is 1. The van der Waals surface area contributed by atoms with E-state index in [1.807, 2.05) is 0 Å². The largest absolute Gasteiger partial charge is 0.401 e. The van der Waals surface area contributed by atoms with Gasteiger partial charge in [0.1, 0.15) is 6.17 Å². The van der Waals surface area contributed by atoms with Crippen molar-refractivity contribution in [3.05, 3.63) is 23.0 Å². The van der Waals surface area contributed by atoms with E-state index in [4.69, 9.17) is 5.73 Å². The maximum Gasteiger partial charge on any atom is 0.115 e. The van der Waals surface area contributed by atoms with Gasteiger partial charge in [-0.15, -0.1) is 0 Å². The summed E-state index contributed by atoms with van der Waals surface area (Å²) in [7, 11) is -1.07. The second-order valence-corrected chi connectivity index (χ2v) is 9.00. The molecule has 2 atom stereocenters. The molecule has 6 nitrogen and oxygen atoms in total. The highest BCUT2D eigenvalue weighted by Gasteiger charge is 2.45. The number of rotatable bonds is 7. The van der Waals surface area contributed by atoms with Crippen LogP contribution in [0, 0.1) is 5.92 Å². The number of aliphatic hydroxyl groups excluding tert-OH is 1. The van der Waals surface area contributed by atoms with Gasteiger partial charge in [-0.1, -0.05) is 13.5 Å². The van der Waals surface area contributed by atoms with E-state index in [0.29, 0.717) is 17.9 Å². The average Bonchev–Trinajstić information content (AvgIpc) is 3.26. The number of likely N-dealkylation sites (tertiary alicyclic amines) is 1. The molecule has 3 rings (SSSR count). The Morgan fingerprint density at radius 2 is 2.17 bits per heavy atom. The van der Waals surface area contributed by atoms with Crippen molar-refractivity contribution in [2.45, 2.75) is 50.7 Å². The number of hydrogen-bond acceptors (Lipinski definition) is 6. The summed E-state index contributed by atoms with van der Waals surface area (Å²) >= 11 is 0. The number of piperidine rings is 1. The van der Waals surface area contributed by atoms with E-state index in [-0.39, 0.29) is 18.3 Å². The van der Waals surface area contributed by atoms with E-state index in [0.717, 1.165) is 55.4 Å². The van der Waals surface area contributed by atoms with Crippen LogP contribution in [-0.4, -0.2) is 51.4 Å². The lowest BCUT2D eigenvalue weighted by Crippen LogP contribution is -2.53. The van der Waals surface area contributed by atoms with Crippen LogP contribution < -0.4 is 16.4 Å². The lowest BCUT2D eigenvalue weighted by atomic mass is 9.99. The molecular formula is C17H30N4O2S. The lowest BCUT2D eigenvalue weighted by Gasteiger charge is -2.36. The van der Waals surface area contributed by atoms with Crippen LogP contribution in [0.15, 0.2) is 23.0 Å². The Balaban J connectivity index is 1.71. The zero-order chi connectivity index (χ0) is 17.3. The maximum absolute atomic E-state index is 12.4. The van der Waals surface area contributed by atoms with Crippen LogP contribution in [0.25, 0.3) is 0 Å². The molecule has 5 N–H and O–H groups in total. The third-order valence-corrected chi connectivity index (χ3v) is 7.03. The Kier molecular flexibility index (Phi) is 5.22. The smallest absolute Gasteiger partial charge is 0.115 e. The van der Waals surface area contributed by atoms with E-state index in [2.05, 4.69) is 29.0 Å². The first kappa shape index (κ1) is 17.8. The van der Waals surface area contributed by atoms with E-state index < -0.39 is 10.8 Å². The number of nitrogens with zero attached hydrogens (tertiary/aromatic N) is 1. The van der Waals surface area contributed by atoms with Gasteiger partial charge in [0.15, 0.2) is 0 Å². The minimum Gasteiger partial charge on any atom is -0.401 e. The predicted molar refractivity (Wildman–Crippen MR) is 97.1 cm³/mol. The molecule has 1 unspecified atom stereocenters. The van der Waals surface area contributed by atoms with Crippen molar-refractivity contribution in [1.29, 1.82) is 0 Å². The first-order valence-corrected chi connectivity index (χ1v) is 10.2. The van der Waals surface area contributed by atoms with Gasteiger partial charge in [0, 0.05) is 30.1 Å². The Morgan fingerprint density at radius 3 is 2.67 bits per heavy atom. The zero-order valence-electron chi connectivity index (χ0n) is 14.5. The second kappa shape index (κ2) is 7.06. The molecule has 1 saturated heterocycles. The van der Waals surface area contributed by atoms with Crippen LogP contribution in [0.3, 0.4) is 0 Å². The van der Waals surface area contributed by atoms with Crippen molar-refractivity contribution >= 4 is 10.8 Å². The summed E-state index contributed by atoms with van der Waals surface area (Å²) in [6.07, 6.45) is 4.52. The van der Waals surface area contributed by atoms with E-state index in [9.17, 15) is 9.32 Å². The monoisotopic (exact) mass is 354 g/mol. The van der Waals surface area contributed by atoms with Gasteiger partial charge in [-0.05, 0) is 38.0 Å². The average molecular weight is 355 g/mol. The third kappa shape index (κ3) is 3.78. The highest BCUT2D eigenvalue weighted by atomic mass is 32.2. The Morgan fingerprint density at radius 1 is 1.50 bits per heavy atom. The maximum atomic E-state index is 12.4. The minimum absolute atomic E-state index is 0.0820. The summed E-state index contributed by atoms with van der Waals surface area (Å²) in [6.45, 7) is 8.53. The van der Waals surface area contributed by atoms with Gasteiger partial charge in [-0.3, -0.25) is 9.53 Å². The molecule has 3 aliphatic rings. The molecule has 24 heavy (non-hydrogen) atoms. The summed E-state index contributed by atoms with van der Waals surface area (Å²) in [4.78, 5) is 2.99. The molecule has 2 aliphatic heterocycles. The summed E-state index contributed by atoms with van der Waals surface area (Å²) in [6, 6.07) is 0. The van der Waals surface area contributed by atoms with Crippen LogP contribution in [0.2, 0.25) is 0 Å². The number of nitrogens with one attached hydrogen (secondary N) is 2. The fourth-order valence-electron chi connectivity index (χ4n) is 3.41. The summed E-state index contributed by atoms with van der Waals surface area (Å²) < 4.78 is 12.4. The number of nitrogens with two attached hydrogens (primary N) is 1. The van der Waals surface area contributed by atoms with Crippen LogP contribution in [0.5, 0.6) is 0 Å². The van der Waals surface area contributed by atoms with Crippen molar-refractivity contribution in [1.82, 2.24) is 15.5 Å². The van der Waals surface area contributed by atoms with Crippen molar-refractivity contribution in [3.8, 4) is 0 Å². The standard InChI is InChI=1S/C17H30N4O2S/c1-12-3-8-21(9-4-12)13(2)19-16(20-17(11-22)6-7-17)15-14(18)5-10-24(15)23/h12,16,19-20,22H,2-11,18H2,1H3/t16-,24?/m0/s1. The summed E-state index contributed by atoms with van der Waals surface area (Å²) in [5.74, 6) is 2.19. The summed E-state index contributed by atoms with van der Waals surface area (Å²) in [5.41, 5.74) is 6.56. The molecule has 0 bridgehead atoms. The van der Waals surface area contributed by atoms with Crippen LogP contribution >= 0.6 is 0 Å². The molecule has 2 heterocycles. The SMILES string of the molecule is C=C(N[C@@H](NC1(CO)CC1)C1=C(N)CCS1=O)N1CCC(C)CC1. The van der Waals surface area contributed by atoms with Crippen LogP contribution in [-0.2, 0) is 10.8 Å². The molecule has 0 aromatic heterocycles. The second-order valence-electron chi connectivity index (χ2n) is 7.47. The fourth-order valence-corrected chi connectivity index (χ4v) is 4.81. The summed E-state index contributed by atoms with van der Waals surface area (Å²) in [5, 5.41) is 16.5. The third-order valence-electron chi connectivity index (χ3n) is 5.46. The molecule has 136 valence electrons. The molecule has 0 aromatic carbocycles. The van der Waals surface area contributed by atoms with Gasteiger partial charge >= 0.3 is 0 Å². The first-order chi connectivity index (χ1) is 11.4. The quantitative estimate of drug-likeness (QED) is 0.499. The predicted octanol–water partition coefficient (Wildman–Crippen LogP) is 0.542. The molecule has 1 aliphatic carbocycles. The topological polar surface area (TPSA) is 90.6 Å². The van der Waals surface area contributed by atoms with E-state index in [1.54, 1.807) is 0 Å². The van der Waals surface area contributed by atoms with Crippen LogP contribution in [0.1, 0.15) is 39.0 Å². The zero-order valence-corrected chi connectivity index (χ0v) is 15.3. The van der Waals surface area contributed by atoms with Crippen molar-refractivity contribution in [2.24, 2.45) is 11.7 Å². The lowest BCUT2D eigenvalue weighted by molar-refractivity contribution is 0.201. The van der Waals surface area contributed by atoms with Gasteiger partial charge in [0.2, 0.25) is 0 Å². The van der Waals surface area contributed by atoms with Crippen LogP contribution in [0.4, 0.5) is 0 Å².